The summed E-state index contributed by atoms with van der Waals surface area (Å²) >= 11 is 3.19. The summed E-state index contributed by atoms with van der Waals surface area (Å²) in [6, 6.07) is 17.9. The van der Waals surface area contributed by atoms with Gasteiger partial charge >= 0.3 is 0 Å². The molecular weight excluding hydrogens is 376 g/mol. The Morgan fingerprint density at radius 2 is 2.00 bits per heavy atom. The first kappa shape index (κ1) is 17.8. The van der Waals surface area contributed by atoms with Gasteiger partial charge in [0.2, 0.25) is 5.91 Å². The molecule has 2 aromatic heterocycles. The van der Waals surface area contributed by atoms with Crippen molar-refractivity contribution in [2.24, 2.45) is 0 Å². The average molecular weight is 395 g/mol. The standard InChI is InChI=1S/C21H18N2O2S2/c1-2-26-16-9-7-14(8-10-16)11-20(24)23-21-22-17(13-27-21)19-12-15-5-3-4-6-18(15)25-19/h3-10,12-13H,2,11H2,1H3,(H,22,23,24). The van der Waals surface area contributed by atoms with E-state index >= 15 is 0 Å². The number of aromatic nitrogens is 1. The number of nitrogens with one attached hydrogen (secondary N) is 1. The fraction of sp³-hybridized carbons (Fsp3) is 0.143. The van der Waals surface area contributed by atoms with Crippen molar-refractivity contribution in [2.45, 2.75) is 18.2 Å². The van der Waals surface area contributed by atoms with Gasteiger partial charge in [0.1, 0.15) is 11.3 Å². The minimum atomic E-state index is -0.0728. The lowest BCUT2D eigenvalue weighted by atomic mass is 10.1. The summed E-state index contributed by atoms with van der Waals surface area (Å²) in [5.41, 5.74) is 2.55. The van der Waals surface area contributed by atoms with Crippen molar-refractivity contribution < 1.29 is 9.21 Å². The van der Waals surface area contributed by atoms with Crippen molar-refractivity contribution in [1.29, 1.82) is 0 Å². The summed E-state index contributed by atoms with van der Waals surface area (Å²) < 4.78 is 5.83. The second kappa shape index (κ2) is 7.98. The van der Waals surface area contributed by atoms with Gasteiger partial charge in [-0.25, -0.2) is 4.98 Å². The molecule has 1 N–H and O–H groups in total. The Morgan fingerprint density at radius 3 is 2.78 bits per heavy atom. The van der Waals surface area contributed by atoms with E-state index in [0.29, 0.717) is 17.3 Å². The lowest BCUT2D eigenvalue weighted by molar-refractivity contribution is -0.115. The molecule has 4 rings (SSSR count). The zero-order chi connectivity index (χ0) is 18.6. The third-order valence-electron chi connectivity index (χ3n) is 4.03. The van der Waals surface area contributed by atoms with E-state index in [9.17, 15) is 4.79 Å². The second-order valence-corrected chi connectivity index (χ2v) is 8.18. The zero-order valence-corrected chi connectivity index (χ0v) is 16.4. The first-order chi connectivity index (χ1) is 13.2. The van der Waals surface area contributed by atoms with E-state index in [4.69, 9.17) is 4.42 Å². The summed E-state index contributed by atoms with van der Waals surface area (Å²) in [6.45, 7) is 2.12. The number of hydrogen-bond acceptors (Lipinski definition) is 5. The summed E-state index contributed by atoms with van der Waals surface area (Å²) in [7, 11) is 0. The molecule has 0 fully saturated rings. The molecule has 0 radical (unpaired) electrons. The van der Waals surface area contributed by atoms with Gasteiger partial charge in [-0.1, -0.05) is 37.3 Å². The Balaban J connectivity index is 1.41. The van der Waals surface area contributed by atoms with Crippen LogP contribution in [-0.4, -0.2) is 16.6 Å². The Hall–Kier alpha value is -2.57. The highest BCUT2D eigenvalue weighted by atomic mass is 32.2. The number of para-hydroxylation sites is 1. The van der Waals surface area contributed by atoms with E-state index in [1.54, 1.807) is 11.8 Å². The molecule has 4 aromatic rings. The highest BCUT2D eigenvalue weighted by Crippen LogP contribution is 2.30. The van der Waals surface area contributed by atoms with Crippen LogP contribution in [0.4, 0.5) is 5.13 Å². The van der Waals surface area contributed by atoms with Crippen molar-refractivity contribution in [3.05, 3.63) is 65.5 Å². The largest absolute Gasteiger partial charge is 0.454 e. The van der Waals surface area contributed by atoms with Gasteiger partial charge in [-0.15, -0.1) is 23.1 Å². The molecule has 0 aliphatic carbocycles. The predicted molar refractivity (Wildman–Crippen MR) is 112 cm³/mol. The number of carbonyl (C=O) groups excluding carboxylic acids is 1. The number of amides is 1. The van der Waals surface area contributed by atoms with Gasteiger partial charge < -0.3 is 9.73 Å². The number of fused-ring (bicyclic) bond motifs is 1. The molecule has 0 unspecified atom stereocenters. The average Bonchev–Trinajstić information content (AvgIpc) is 3.30. The molecule has 2 aromatic carbocycles. The van der Waals surface area contributed by atoms with Crippen LogP contribution in [0.3, 0.4) is 0 Å². The third kappa shape index (κ3) is 4.23. The monoisotopic (exact) mass is 394 g/mol. The van der Waals surface area contributed by atoms with Gasteiger partial charge in [0.25, 0.3) is 0 Å². The van der Waals surface area contributed by atoms with E-state index < -0.39 is 0 Å². The molecule has 0 saturated heterocycles. The molecule has 6 heteroatoms. The number of nitrogens with zero attached hydrogens (tertiary/aromatic N) is 1. The zero-order valence-electron chi connectivity index (χ0n) is 14.8. The Morgan fingerprint density at radius 1 is 1.19 bits per heavy atom. The van der Waals surface area contributed by atoms with Crippen LogP contribution < -0.4 is 5.32 Å². The maximum Gasteiger partial charge on any atom is 0.230 e. The van der Waals surface area contributed by atoms with E-state index in [1.165, 1.54) is 16.2 Å². The topological polar surface area (TPSA) is 55.1 Å². The van der Waals surface area contributed by atoms with Crippen molar-refractivity contribution in [1.82, 2.24) is 4.98 Å². The fourth-order valence-electron chi connectivity index (χ4n) is 2.77. The highest BCUT2D eigenvalue weighted by Gasteiger charge is 2.12. The highest BCUT2D eigenvalue weighted by molar-refractivity contribution is 7.99. The minimum Gasteiger partial charge on any atom is -0.454 e. The Bertz CT molecular complexity index is 1030. The van der Waals surface area contributed by atoms with E-state index in [1.807, 2.05) is 47.8 Å². The molecule has 0 bridgehead atoms. The first-order valence-corrected chi connectivity index (χ1v) is 10.5. The normalized spacial score (nSPS) is 11.0. The van der Waals surface area contributed by atoms with Crippen LogP contribution in [0.2, 0.25) is 0 Å². The number of thiazole rings is 1. The van der Waals surface area contributed by atoms with Crippen molar-refractivity contribution in [3.8, 4) is 11.5 Å². The number of anilines is 1. The summed E-state index contributed by atoms with van der Waals surface area (Å²) in [5.74, 6) is 1.67. The van der Waals surface area contributed by atoms with Gasteiger partial charge in [-0.05, 0) is 35.6 Å². The number of rotatable bonds is 6. The van der Waals surface area contributed by atoms with Crippen LogP contribution >= 0.6 is 23.1 Å². The number of furan rings is 1. The maximum absolute atomic E-state index is 12.3. The van der Waals surface area contributed by atoms with E-state index in [0.717, 1.165) is 28.0 Å². The molecule has 4 nitrogen and oxygen atoms in total. The van der Waals surface area contributed by atoms with Crippen LogP contribution in [0.5, 0.6) is 0 Å². The molecule has 0 aliphatic rings. The van der Waals surface area contributed by atoms with E-state index in [2.05, 4.69) is 29.4 Å². The SMILES string of the molecule is CCSc1ccc(CC(=O)Nc2nc(-c3cc4ccccc4o3)cs2)cc1. The molecule has 27 heavy (non-hydrogen) atoms. The number of thioether (sulfide) groups is 1. The summed E-state index contributed by atoms with van der Waals surface area (Å²) in [6.07, 6.45) is 0.330. The van der Waals surface area contributed by atoms with Crippen LogP contribution in [0.25, 0.3) is 22.4 Å². The Labute approximate surface area is 165 Å². The van der Waals surface area contributed by atoms with Crippen molar-refractivity contribution >= 4 is 45.1 Å². The molecule has 0 aliphatic heterocycles. The minimum absolute atomic E-state index is 0.0728. The Kier molecular flexibility index (Phi) is 5.27. The second-order valence-electron chi connectivity index (χ2n) is 5.99. The quantitative estimate of drug-likeness (QED) is 0.417. The summed E-state index contributed by atoms with van der Waals surface area (Å²) in [4.78, 5) is 18.0. The molecule has 136 valence electrons. The van der Waals surface area contributed by atoms with Gasteiger partial charge in [0.05, 0.1) is 6.42 Å². The van der Waals surface area contributed by atoms with Gasteiger partial charge in [0.15, 0.2) is 10.9 Å². The van der Waals surface area contributed by atoms with Crippen LogP contribution in [0.15, 0.2) is 69.3 Å². The lowest BCUT2D eigenvalue weighted by Gasteiger charge is -2.03. The number of hydrogen-bond donors (Lipinski definition) is 1. The first-order valence-electron chi connectivity index (χ1n) is 8.67. The van der Waals surface area contributed by atoms with Crippen molar-refractivity contribution in [3.63, 3.8) is 0 Å². The molecule has 0 spiro atoms. The third-order valence-corrected chi connectivity index (χ3v) is 5.68. The number of carbonyl (C=O) groups is 1. The molecule has 0 saturated carbocycles. The fourth-order valence-corrected chi connectivity index (χ4v) is 4.15. The van der Waals surface area contributed by atoms with Crippen LogP contribution in [0.1, 0.15) is 12.5 Å². The maximum atomic E-state index is 12.3. The van der Waals surface area contributed by atoms with E-state index in [-0.39, 0.29) is 5.91 Å². The molecule has 0 atom stereocenters. The molecule has 1 amide bonds. The molecule has 2 heterocycles. The summed E-state index contributed by atoms with van der Waals surface area (Å²) in [5, 5.41) is 6.38. The number of benzene rings is 2. The predicted octanol–water partition coefficient (Wildman–Crippen LogP) is 5.85. The van der Waals surface area contributed by atoms with Crippen LogP contribution in [-0.2, 0) is 11.2 Å². The van der Waals surface area contributed by atoms with Crippen LogP contribution in [0, 0.1) is 0 Å². The molecular formula is C21H18N2O2S2. The van der Waals surface area contributed by atoms with Crippen molar-refractivity contribution in [2.75, 3.05) is 11.1 Å². The lowest BCUT2D eigenvalue weighted by Crippen LogP contribution is -2.14. The van der Waals surface area contributed by atoms with Gasteiger partial charge in [-0.2, -0.15) is 0 Å². The smallest absolute Gasteiger partial charge is 0.230 e. The van der Waals surface area contributed by atoms with Gasteiger partial charge in [0, 0.05) is 15.7 Å². The van der Waals surface area contributed by atoms with Gasteiger partial charge in [-0.3, -0.25) is 4.79 Å².